The van der Waals surface area contributed by atoms with Gasteiger partial charge < -0.3 is 54.0 Å². The summed E-state index contributed by atoms with van der Waals surface area (Å²) >= 11 is 0. The Labute approximate surface area is 258 Å². The lowest BCUT2D eigenvalue weighted by atomic mass is 9.92. The molecule has 2 aliphatic heterocycles. The molecule has 7 rings (SSSR count). The molecule has 3 heterocycles. The van der Waals surface area contributed by atoms with E-state index in [0.717, 1.165) is 0 Å². The molecular formula is C32H31NO13. The highest BCUT2D eigenvalue weighted by molar-refractivity contribution is 6.29. The molecule has 0 unspecified atom stereocenters. The van der Waals surface area contributed by atoms with E-state index < -0.39 is 83.6 Å². The molecule has 0 amide bonds. The molecule has 2 aliphatic rings. The van der Waals surface area contributed by atoms with Gasteiger partial charge >= 0.3 is 5.63 Å². The number of fused-ring (bicyclic) bond motifs is 2. The Bertz CT molecular complexity index is 2170. The molecule has 14 nitrogen and oxygen atoms in total. The summed E-state index contributed by atoms with van der Waals surface area (Å²) < 4.78 is 29.3. The molecule has 5 aromatic rings. The van der Waals surface area contributed by atoms with Gasteiger partial charge in [-0.2, -0.15) is 0 Å². The molecule has 1 aromatic heterocycles. The molecule has 46 heavy (non-hydrogen) atoms. The Morgan fingerprint density at radius 3 is 2.13 bits per heavy atom. The van der Waals surface area contributed by atoms with E-state index in [1.807, 2.05) is 0 Å². The van der Waals surface area contributed by atoms with Crippen LogP contribution in [0.5, 0.6) is 11.5 Å². The van der Waals surface area contributed by atoms with Gasteiger partial charge in [0.25, 0.3) is 0 Å². The number of aliphatic hydroxyl groups is 5. The molecule has 7 N–H and O–H groups in total. The topological polar surface area (TPSA) is 229 Å². The van der Waals surface area contributed by atoms with Gasteiger partial charge in [-0.25, -0.2) is 4.79 Å². The van der Waals surface area contributed by atoms with Crippen LogP contribution in [0.3, 0.4) is 0 Å². The number of nitrogens with one attached hydrogen (secondary N) is 1. The highest BCUT2D eigenvalue weighted by Gasteiger charge is 2.50. The quantitative estimate of drug-likeness (QED) is 0.0785. The third kappa shape index (κ3) is 4.30. The van der Waals surface area contributed by atoms with Crippen LogP contribution in [0.4, 0.5) is 0 Å². The largest absolute Gasteiger partial charge is 0.507 e. The van der Waals surface area contributed by atoms with Crippen molar-refractivity contribution in [2.75, 3.05) is 0 Å². The fourth-order valence-electron chi connectivity index (χ4n) is 6.59. The predicted molar refractivity (Wildman–Crippen MR) is 160 cm³/mol. The number of hydrogen-bond donors (Lipinski definition) is 7. The molecule has 2 saturated heterocycles. The first-order valence-corrected chi connectivity index (χ1v) is 14.7. The second kappa shape index (κ2) is 10.8. The van der Waals surface area contributed by atoms with E-state index in [0.29, 0.717) is 5.56 Å². The minimum atomic E-state index is -1.74. The zero-order valence-electron chi connectivity index (χ0n) is 24.7. The third-order valence-corrected chi connectivity index (χ3v) is 9.13. The molecule has 0 bridgehead atoms. The summed E-state index contributed by atoms with van der Waals surface area (Å²) in [5.41, 5.74) is -0.958. The average molecular weight is 638 g/mol. The Hall–Kier alpha value is -3.99. The highest BCUT2D eigenvalue weighted by Crippen LogP contribution is 2.45. The second-order valence-corrected chi connectivity index (χ2v) is 12.0. The Kier molecular flexibility index (Phi) is 7.19. The molecule has 242 valence electrons. The average Bonchev–Trinajstić information content (AvgIpc) is 3.02. The van der Waals surface area contributed by atoms with E-state index in [2.05, 4.69) is 0 Å². The normalized spacial score (nSPS) is 32.2. The number of aromatic hydroxyl groups is 1. The number of phenolic OH excluding ortho intramolecular Hbond substituents is 1. The lowest BCUT2D eigenvalue weighted by molar-refractivity contribution is -0.352. The van der Waals surface area contributed by atoms with Gasteiger partial charge in [0.05, 0.1) is 28.4 Å². The van der Waals surface area contributed by atoms with E-state index in [1.54, 1.807) is 13.0 Å². The van der Waals surface area contributed by atoms with Crippen molar-refractivity contribution in [3.63, 3.8) is 0 Å². The van der Waals surface area contributed by atoms with Crippen molar-refractivity contribution in [1.82, 2.24) is 0 Å². The number of rotatable bonds is 4. The zero-order valence-corrected chi connectivity index (χ0v) is 24.7. The van der Waals surface area contributed by atoms with Crippen molar-refractivity contribution in [2.24, 2.45) is 0 Å². The van der Waals surface area contributed by atoms with Gasteiger partial charge in [0, 0.05) is 21.5 Å². The first-order chi connectivity index (χ1) is 21.8. The van der Waals surface area contributed by atoms with Crippen molar-refractivity contribution in [2.45, 2.75) is 82.2 Å². The van der Waals surface area contributed by atoms with Gasteiger partial charge in [-0.3, -0.25) is 10.2 Å². The molecule has 0 radical (unpaired) electrons. The lowest BCUT2D eigenvalue weighted by Crippen LogP contribution is -2.63. The number of aliphatic hydroxyl groups excluding tert-OH is 5. The van der Waals surface area contributed by atoms with Crippen molar-refractivity contribution in [3.8, 4) is 11.5 Å². The summed E-state index contributed by atoms with van der Waals surface area (Å²) in [5.74, 6) is -0.446. The van der Waals surface area contributed by atoms with Crippen molar-refractivity contribution >= 4 is 43.3 Å². The zero-order chi connectivity index (χ0) is 32.9. The van der Waals surface area contributed by atoms with Gasteiger partial charge in [-0.15, -0.1) is 0 Å². The predicted octanol–water partition coefficient (Wildman–Crippen LogP) is 0.0400. The fourth-order valence-corrected chi connectivity index (χ4v) is 6.59. The number of benzene rings is 4. The maximum Gasteiger partial charge on any atom is 0.344 e. The third-order valence-electron chi connectivity index (χ3n) is 9.13. The summed E-state index contributed by atoms with van der Waals surface area (Å²) in [6.07, 6.45) is -14.5. The number of phenols is 1. The molecule has 0 spiro atoms. The molecule has 0 aliphatic carbocycles. The summed E-state index contributed by atoms with van der Waals surface area (Å²) in [6.45, 7) is 4.61. The molecule has 14 heteroatoms. The van der Waals surface area contributed by atoms with Crippen LogP contribution in [0, 0.1) is 12.3 Å². The van der Waals surface area contributed by atoms with Gasteiger partial charge in [-0.1, -0.05) is 24.3 Å². The van der Waals surface area contributed by atoms with Crippen LogP contribution in [-0.2, 0) is 14.2 Å². The summed E-state index contributed by atoms with van der Waals surface area (Å²) in [5, 5.41) is 72.9. The minimum Gasteiger partial charge on any atom is -0.507 e. The minimum absolute atomic E-state index is 0.0252. The van der Waals surface area contributed by atoms with Crippen LogP contribution in [0.25, 0.3) is 43.3 Å². The van der Waals surface area contributed by atoms with Gasteiger partial charge in [0.1, 0.15) is 47.4 Å². The Balaban J connectivity index is 1.41. The van der Waals surface area contributed by atoms with E-state index in [1.165, 1.54) is 38.1 Å². The monoisotopic (exact) mass is 637 g/mol. The van der Waals surface area contributed by atoms with Gasteiger partial charge in [-0.05, 0) is 32.4 Å². The molecule has 2 fully saturated rings. The van der Waals surface area contributed by atoms with Crippen LogP contribution >= 0.6 is 0 Å². The van der Waals surface area contributed by atoms with Crippen LogP contribution in [0.2, 0.25) is 0 Å². The number of ether oxygens (including phenoxy) is 4. The fraction of sp³-hybridized carbons (Fsp3) is 0.406. The van der Waals surface area contributed by atoms with E-state index >= 15 is 0 Å². The number of hydrogen-bond acceptors (Lipinski definition) is 14. The summed E-state index contributed by atoms with van der Waals surface area (Å²) in [6, 6.07) is 7.56. The molecule has 10 atom stereocenters. The van der Waals surface area contributed by atoms with Crippen LogP contribution in [0.15, 0.2) is 44.3 Å². The first-order valence-electron chi connectivity index (χ1n) is 14.7. The van der Waals surface area contributed by atoms with Crippen LogP contribution < -0.4 is 21.1 Å². The van der Waals surface area contributed by atoms with E-state index in [4.69, 9.17) is 28.8 Å². The van der Waals surface area contributed by atoms with Gasteiger partial charge in [0.2, 0.25) is 11.7 Å². The standard InChI is InChI=1S/C32H31NO13/c1-9-7-8-13-17-15(9)30(41)45-28-16-12(23(36)19(18(17)28)20(33)24(13)37)5-4-6-14(16)44-32-29(26(39)22(35)11(3)43-32)46-31-27(40)25(38)21(34)10(2)42-31/h4-8,10-11,21-22,25-27,29,31-36,38-40H,1-3H3/t10-,11+,21+,22+,25+,26+,27+,29-,31-,32+/m1/s1. The smallest absolute Gasteiger partial charge is 0.344 e. The maximum absolute atomic E-state index is 13.4. The SMILES string of the molecule is Cc1ccc2c(=O)c(=N)c3c(O)c4cccc(O[C@@H]5O[C@@H](C)[C@H](O)[C@H](O)[C@H]5O[C@H]5O[C@H](C)[C@H](O)[C@H](O)[C@@H]5O)c4c4oc(=O)c1c2c34. The second-order valence-electron chi connectivity index (χ2n) is 12.0. The lowest BCUT2D eigenvalue weighted by Gasteiger charge is -2.45. The molecule has 0 saturated carbocycles. The Morgan fingerprint density at radius 1 is 0.739 bits per heavy atom. The van der Waals surface area contributed by atoms with Crippen LogP contribution in [0.1, 0.15) is 19.4 Å². The van der Waals surface area contributed by atoms with Crippen molar-refractivity contribution in [3.05, 3.63) is 61.9 Å². The van der Waals surface area contributed by atoms with E-state index in [-0.39, 0.29) is 49.0 Å². The highest BCUT2D eigenvalue weighted by atomic mass is 16.8. The molecule has 4 aromatic carbocycles. The summed E-state index contributed by atoms with van der Waals surface area (Å²) in [7, 11) is 0. The maximum atomic E-state index is 13.4. The molecular weight excluding hydrogens is 606 g/mol. The van der Waals surface area contributed by atoms with Gasteiger partial charge in [0.15, 0.2) is 18.0 Å². The first kappa shape index (κ1) is 30.7. The van der Waals surface area contributed by atoms with Crippen molar-refractivity contribution < 1.29 is 54.0 Å². The number of aryl methyl sites for hydroxylation is 1. The van der Waals surface area contributed by atoms with Crippen LogP contribution in [-0.4, -0.2) is 92.1 Å². The van der Waals surface area contributed by atoms with E-state index in [9.17, 15) is 40.2 Å². The Morgan fingerprint density at radius 2 is 1.41 bits per heavy atom. The summed E-state index contributed by atoms with van der Waals surface area (Å²) in [4.78, 5) is 26.6. The van der Waals surface area contributed by atoms with Crippen molar-refractivity contribution in [1.29, 1.82) is 5.41 Å².